The number of rotatable bonds is 3. The predicted molar refractivity (Wildman–Crippen MR) is 51.2 cm³/mol. The average Bonchev–Trinajstić information content (AvgIpc) is 2.38. The first-order valence-corrected chi connectivity index (χ1v) is 4.87. The van der Waals surface area contributed by atoms with E-state index in [2.05, 4.69) is 0 Å². The van der Waals surface area contributed by atoms with E-state index < -0.39 is 11.7 Å². The molecule has 2 unspecified atom stereocenters. The summed E-state index contributed by atoms with van der Waals surface area (Å²) in [5.74, 6) is 0. The second kappa shape index (κ2) is 3.54. The van der Waals surface area contributed by atoms with E-state index in [0.717, 1.165) is 4.88 Å². The van der Waals surface area contributed by atoms with Crippen LogP contribution in [0.5, 0.6) is 0 Å². The van der Waals surface area contributed by atoms with E-state index in [-0.39, 0.29) is 0 Å². The van der Waals surface area contributed by atoms with Gasteiger partial charge in [-0.25, -0.2) is 4.39 Å². The van der Waals surface area contributed by atoms with E-state index in [1.54, 1.807) is 25.2 Å². The highest BCUT2D eigenvalue weighted by Crippen LogP contribution is 2.23. The van der Waals surface area contributed by atoms with Crippen LogP contribution in [0, 0.1) is 0 Å². The van der Waals surface area contributed by atoms with Crippen LogP contribution in [0.1, 0.15) is 18.7 Å². The first-order chi connectivity index (χ1) is 5.52. The normalized spacial score (nSPS) is 18.7. The van der Waals surface area contributed by atoms with E-state index in [1.807, 2.05) is 17.5 Å². The zero-order chi connectivity index (χ0) is 9.19. The molecule has 68 valence electrons. The largest absolute Gasteiger partial charge is 0.325 e. The Morgan fingerprint density at radius 3 is 2.83 bits per heavy atom. The lowest BCUT2D eigenvalue weighted by Gasteiger charge is -2.23. The van der Waals surface area contributed by atoms with Crippen molar-refractivity contribution in [3.63, 3.8) is 0 Å². The molecule has 0 aliphatic heterocycles. The van der Waals surface area contributed by atoms with E-state index in [4.69, 9.17) is 5.73 Å². The number of hydrogen-bond donors (Lipinski definition) is 1. The average molecular weight is 187 g/mol. The molecule has 2 atom stereocenters. The lowest BCUT2D eigenvalue weighted by Crippen LogP contribution is -2.41. The summed E-state index contributed by atoms with van der Waals surface area (Å²) in [6.45, 7) is 3.25. The van der Waals surface area contributed by atoms with E-state index in [9.17, 15) is 4.39 Å². The third kappa shape index (κ3) is 2.29. The molecule has 0 saturated heterocycles. The zero-order valence-electron chi connectivity index (χ0n) is 7.38. The predicted octanol–water partition coefficient (Wildman–Crippen LogP) is 2.37. The molecule has 0 fully saturated rings. The van der Waals surface area contributed by atoms with Crippen molar-refractivity contribution in [1.29, 1.82) is 0 Å². The summed E-state index contributed by atoms with van der Waals surface area (Å²) in [6, 6.07) is 3.45. The third-order valence-corrected chi connectivity index (χ3v) is 2.93. The minimum Gasteiger partial charge on any atom is -0.325 e. The Bertz CT molecular complexity index is 229. The zero-order valence-corrected chi connectivity index (χ0v) is 8.20. The molecular formula is C9H14FNS. The first-order valence-electron chi connectivity index (χ1n) is 3.99. The van der Waals surface area contributed by atoms with Gasteiger partial charge in [0.15, 0.2) is 0 Å². The molecule has 0 spiro atoms. The Hall–Kier alpha value is -0.410. The molecule has 0 amide bonds. The van der Waals surface area contributed by atoms with Crippen LogP contribution in [0.4, 0.5) is 4.39 Å². The number of nitrogens with two attached hydrogens (primary N) is 1. The van der Waals surface area contributed by atoms with Crippen molar-refractivity contribution in [3.8, 4) is 0 Å². The summed E-state index contributed by atoms with van der Waals surface area (Å²) < 4.78 is 13.7. The van der Waals surface area contributed by atoms with Crippen molar-refractivity contribution in [1.82, 2.24) is 0 Å². The summed E-state index contributed by atoms with van der Waals surface area (Å²) in [5, 5.41) is 1.95. The van der Waals surface area contributed by atoms with Crippen LogP contribution in [0.2, 0.25) is 0 Å². The fourth-order valence-electron chi connectivity index (χ4n) is 0.915. The number of thiophene rings is 1. The molecule has 0 radical (unpaired) electrons. The van der Waals surface area contributed by atoms with E-state index >= 15 is 0 Å². The van der Waals surface area contributed by atoms with E-state index in [1.165, 1.54) is 0 Å². The highest BCUT2D eigenvalue weighted by molar-refractivity contribution is 7.09. The highest BCUT2D eigenvalue weighted by atomic mass is 32.1. The van der Waals surface area contributed by atoms with Crippen LogP contribution < -0.4 is 5.73 Å². The molecule has 1 heterocycles. The molecule has 1 aromatic heterocycles. The van der Waals surface area contributed by atoms with Gasteiger partial charge >= 0.3 is 0 Å². The second-order valence-corrected chi connectivity index (χ2v) is 4.36. The van der Waals surface area contributed by atoms with Crippen LogP contribution >= 0.6 is 11.3 Å². The fourth-order valence-corrected chi connectivity index (χ4v) is 1.77. The molecule has 1 rings (SSSR count). The fraction of sp³-hybridized carbons (Fsp3) is 0.556. The summed E-state index contributed by atoms with van der Waals surface area (Å²) in [4.78, 5) is 1.05. The number of hydrogen-bond acceptors (Lipinski definition) is 2. The lowest BCUT2D eigenvalue weighted by molar-refractivity contribution is 0.158. The van der Waals surface area contributed by atoms with Crippen LogP contribution in [-0.2, 0) is 6.42 Å². The van der Waals surface area contributed by atoms with Gasteiger partial charge in [0.2, 0.25) is 0 Å². The highest BCUT2D eigenvalue weighted by Gasteiger charge is 2.28. The second-order valence-electron chi connectivity index (χ2n) is 3.32. The smallest absolute Gasteiger partial charge is 0.127 e. The molecule has 1 nitrogen and oxygen atoms in total. The van der Waals surface area contributed by atoms with Gasteiger partial charge in [-0.05, 0) is 25.3 Å². The Balaban J connectivity index is 2.62. The van der Waals surface area contributed by atoms with Crippen LogP contribution in [0.15, 0.2) is 17.5 Å². The van der Waals surface area contributed by atoms with Gasteiger partial charge in [0.25, 0.3) is 0 Å². The first kappa shape index (κ1) is 9.68. The van der Waals surface area contributed by atoms with Gasteiger partial charge in [-0.15, -0.1) is 11.3 Å². The molecule has 12 heavy (non-hydrogen) atoms. The molecule has 0 aliphatic rings. The SMILES string of the molecule is CC(N)C(C)(F)Cc1cccs1. The van der Waals surface area contributed by atoms with Crippen molar-refractivity contribution < 1.29 is 4.39 Å². The van der Waals surface area contributed by atoms with Gasteiger partial charge in [-0.2, -0.15) is 0 Å². The van der Waals surface area contributed by atoms with Gasteiger partial charge in [0, 0.05) is 17.3 Å². The molecule has 0 saturated carbocycles. The molecular weight excluding hydrogens is 173 g/mol. The topological polar surface area (TPSA) is 26.0 Å². The summed E-state index contributed by atoms with van der Waals surface area (Å²) in [7, 11) is 0. The summed E-state index contributed by atoms with van der Waals surface area (Å²) in [5.41, 5.74) is 4.23. The van der Waals surface area contributed by atoms with Crippen molar-refractivity contribution in [3.05, 3.63) is 22.4 Å². The van der Waals surface area contributed by atoms with Gasteiger partial charge < -0.3 is 5.73 Å². The maximum atomic E-state index is 13.7. The molecule has 3 heteroatoms. The Morgan fingerprint density at radius 2 is 2.42 bits per heavy atom. The van der Waals surface area contributed by atoms with Crippen LogP contribution in [0.3, 0.4) is 0 Å². The number of alkyl halides is 1. The molecule has 1 aromatic rings. The van der Waals surface area contributed by atoms with Crippen LogP contribution in [0.25, 0.3) is 0 Å². The van der Waals surface area contributed by atoms with Crippen molar-refractivity contribution in [2.45, 2.75) is 32.0 Å². The molecule has 0 aromatic carbocycles. The Kier molecular flexibility index (Phi) is 2.85. The third-order valence-electron chi connectivity index (χ3n) is 2.05. The minimum absolute atomic E-state index is 0.417. The standard InChI is InChI=1S/C9H14FNS/c1-7(11)9(2,10)6-8-4-3-5-12-8/h3-5,7H,6,11H2,1-2H3. The van der Waals surface area contributed by atoms with Gasteiger partial charge in [0.05, 0.1) is 0 Å². The van der Waals surface area contributed by atoms with Crippen molar-refractivity contribution in [2.75, 3.05) is 0 Å². The van der Waals surface area contributed by atoms with Gasteiger partial charge in [0.1, 0.15) is 5.67 Å². The van der Waals surface area contributed by atoms with Crippen molar-refractivity contribution in [2.24, 2.45) is 5.73 Å². The Labute approximate surface area is 76.4 Å². The summed E-state index contributed by atoms with van der Waals surface area (Å²) >= 11 is 1.57. The van der Waals surface area contributed by atoms with Gasteiger partial charge in [-0.3, -0.25) is 0 Å². The monoisotopic (exact) mass is 187 g/mol. The molecule has 0 bridgehead atoms. The van der Waals surface area contributed by atoms with Gasteiger partial charge in [-0.1, -0.05) is 6.07 Å². The Morgan fingerprint density at radius 1 is 1.75 bits per heavy atom. The summed E-state index contributed by atoms with van der Waals surface area (Å²) in [6.07, 6.45) is 0.419. The minimum atomic E-state index is -1.29. The quantitative estimate of drug-likeness (QED) is 0.772. The van der Waals surface area contributed by atoms with Crippen molar-refractivity contribution >= 4 is 11.3 Å². The van der Waals surface area contributed by atoms with Crippen LogP contribution in [-0.4, -0.2) is 11.7 Å². The lowest BCUT2D eigenvalue weighted by atomic mass is 9.96. The molecule has 0 aliphatic carbocycles. The maximum absolute atomic E-state index is 13.7. The maximum Gasteiger partial charge on any atom is 0.127 e. The number of halogens is 1. The van der Waals surface area contributed by atoms with E-state index in [0.29, 0.717) is 6.42 Å². The molecule has 2 N–H and O–H groups in total.